The van der Waals surface area contributed by atoms with Crippen LogP contribution in [0.1, 0.15) is 32.3 Å². The monoisotopic (exact) mass is 290 g/mol. The van der Waals surface area contributed by atoms with Crippen LogP contribution in [0.2, 0.25) is 0 Å². The third-order valence-corrected chi connectivity index (χ3v) is 5.16. The Balaban J connectivity index is 2.31. The largest absolute Gasteiger partial charge is 0.465 e. The van der Waals surface area contributed by atoms with Crippen molar-refractivity contribution >= 4 is 27.7 Å². The van der Waals surface area contributed by atoms with Gasteiger partial charge >= 0.3 is 0 Å². The van der Waals surface area contributed by atoms with Crippen molar-refractivity contribution in [2.75, 3.05) is 11.1 Å². The van der Waals surface area contributed by atoms with Crippen molar-refractivity contribution in [1.29, 1.82) is 0 Å². The zero-order valence-corrected chi connectivity index (χ0v) is 12.1. The molecule has 0 spiro atoms. The first-order chi connectivity index (χ1) is 7.07. The first kappa shape index (κ1) is 13.2. The minimum atomic E-state index is 0.366. The maximum absolute atomic E-state index is 5.65. The molecule has 0 radical (unpaired) electrons. The van der Waals surface area contributed by atoms with Crippen molar-refractivity contribution in [2.24, 2.45) is 5.41 Å². The van der Waals surface area contributed by atoms with Gasteiger partial charge in [0.1, 0.15) is 11.5 Å². The minimum Gasteiger partial charge on any atom is -0.465 e. The van der Waals surface area contributed by atoms with Crippen LogP contribution in [0.3, 0.4) is 0 Å². The number of alkyl halides is 1. The summed E-state index contributed by atoms with van der Waals surface area (Å²) in [7, 11) is 0. The van der Waals surface area contributed by atoms with E-state index in [-0.39, 0.29) is 0 Å². The van der Waals surface area contributed by atoms with Gasteiger partial charge in [0.05, 0.1) is 5.75 Å². The smallest absolute Gasteiger partial charge is 0.114 e. The van der Waals surface area contributed by atoms with E-state index in [2.05, 4.69) is 48.8 Å². The highest BCUT2D eigenvalue weighted by molar-refractivity contribution is 9.09. The zero-order valence-electron chi connectivity index (χ0n) is 9.68. The van der Waals surface area contributed by atoms with Gasteiger partial charge in [-0.05, 0) is 23.3 Å². The molecule has 0 saturated heterocycles. The molecule has 0 aliphatic carbocycles. The predicted molar refractivity (Wildman–Crippen MR) is 71.8 cm³/mol. The quantitative estimate of drug-likeness (QED) is 0.716. The van der Waals surface area contributed by atoms with Gasteiger partial charge in [-0.25, -0.2) is 0 Å². The summed E-state index contributed by atoms with van der Waals surface area (Å²) in [5.74, 6) is 4.32. The van der Waals surface area contributed by atoms with E-state index in [1.165, 1.54) is 0 Å². The van der Waals surface area contributed by atoms with E-state index in [1.54, 1.807) is 0 Å². The Morgan fingerprint density at radius 3 is 2.53 bits per heavy atom. The Labute approximate surface area is 105 Å². The Hall–Kier alpha value is 0.110. The van der Waals surface area contributed by atoms with Crippen LogP contribution in [-0.4, -0.2) is 11.1 Å². The van der Waals surface area contributed by atoms with Gasteiger partial charge in [-0.1, -0.05) is 36.7 Å². The highest BCUT2D eigenvalue weighted by Gasteiger charge is 2.16. The molecule has 86 valence electrons. The van der Waals surface area contributed by atoms with Crippen molar-refractivity contribution < 1.29 is 4.42 Å². The van der Waals surface area contributed by atoms with Gasteiger partial charge in [-0.3, -0.25) is 0 Å². The molecule has 0 atom stereocenters. The van der Waals surface area contributed by atoms with Crippen LogP contribution in [0, 0.1) is 5.41 Å². The standard InChI is InChI=1S/C12H19BrOS/c1-4-10-5-6-11(14-10)7-15-9-12(2,3)8-13/h5-6H,4,7-9H2,1-3H3. The molecule has 1 rings (SSSR count). The second-order valence-corrected chi connectivity index (χ2v) is 6.06. The Kier molecular flexibility index (Phi) is 5.27. The molecule has 0 unspecified atom stereocenters. The topological polar surface area (TPSA) is 13.1 Å². The number of hydrogen-bond acceptors (Lipinski definition) is 2. The van der Waals surface area contributed by atoms with Gasteiger partial charge in [0.2, 0.25) is 0 Å². The summed E-state index contributed by atoms with van der Waals surface area (Å²) < 4.78 is 5.65. The van der Waals surface area contributed by atoms with E-state index in [1.807, 2.05) is 11.8 Å². The average Bonchev–Trinajstić information content (AvgIpc) is 2.66. The number of hydrogen-bond donors (Lipinski definition) is 0. The molecule has 3 heteroatoms. The summed E-state index contributed by atoms with van der Waals surface area (Å²) in [6, 6.07) is 4.17. The second kappa shape index (κ2) is 6.00. The SMILES string of the molecule is CCc1ccc(CSCC(C)(C)CBr)o1. The molecule has 0 fully saturated rings. The van der Waals surface area contributed by atoms with Crippen molar-refractivity contribution in [3.05, 3.63) is 23.7 Å². The molecule has 1 aromatic heterocycles. The summed E-state index contributed by atoms with van der Waals surface area (Å²) in [4.78, 5) is 0. The molecular formula is C12H19BrOS. The second-order valence-electron chi connectivity index (χ2n) is 4.51. The van der Waals surface area contributed by atoms with E-state index in [0.717, 1.165) is 34.8 Å². The number of rotatable bonds is 6. The Morgan fingerprint density at radius 2 is 2.00 bits per heavy atom. The van der Waals surface area contributed by atoms with Crippen molar-refractivity contribution in [3.63, 3.8) is 0 Å². The molecular weight excluding hydrogens is 272 g/mol. The van der Waals surface area contributed by atoms with Gasteiger partial charge in [-0.15, -0.1) is 0 Å². The van der Waals surface area contributed by atoms with E-state index < -0.39 is 0 Å². The van der Waals surface area contributed by atoms with Gasteiger partial charge in [0.25, 0.3) is 0 Å². The van der Waals surface area contributed by atoms with Gasteiger partial charge < -0.3 is 4.42 Å². The van der Waals surface area contributed by atoms with E-state index in [4.69, 9.17) is 4.42 Å². The van der Waals surface area contributed by atoms with Gasteiger partial charge in [-0.2, -0.15) is 11.8 Å². The fraction of sp³-hybridized carbons (Fsp3) is 0.667. The molecule has 0 aromatic carbocycles. The molecule has 0 aliphatic rings. The molecule has 0 bridgehead atoms. The fourth-order valence-electron chi connectivity index (χ4n) is 1.16. The van der Waals surface area contributed by atoms with E-state index in [9.17, 15) is 0 Å². The normalized spacial score (nSPS) is 12.0. The molecule has 1 nitrogen and oxygen atoms in total. The highest BCUT2D eigenvalue weighted by Crippen LogP contribution is 2.26. The molecule has 0 saturated carbocycles. The summed E-state index contributed by atoms with van der Waals surface area (Å²) in [5.41, 5.74) is 0.366. The predicted octanol–water partition coefficient (Wildman–Crippen LogP) is 4.50. The first-order valence-electron chi connectivity index (χ1n) is 5.28. The van der Waals surface area contributed by atoms with Crippen LogP contribution in [0.15, 0.2) is 16.5 Å². The molecule has 1 aromatic rings. The summed E-state index contributed by atoms with van der Waals surface area (Å²) in [6.45, 7) is 6.66. The fourth-order valence-corrected chi connectivity index (χ4v) is 2.73. The lowest BCUT2D eigenvalue weighted by Gasteiger charge is -2.20. The molecule has 0 aliphatic heterocycles. The van der Waals surface area contributed by atoms with Crippen LogP contribution in [0.25, 0.3) is 0 Å². The lowest BCUT2D eigenvalue weighted by Crippen LogP contribution is -2.16. The summed E-state index contributed by atoms with van der Waals surface area (Å²) in [6.07, 6.45) is 0.984. The lowest BCUT2D eigenvalue weighted by atomic mass is 10.0. The lowest BCUT2D eigenvalue weighted by molar-refractivity contribution is 0.482. The first-order valence-corrected chi connectivity index (χ1v) is 7.56. The molecule has 0 N–H and O–H groups in total. The molecule has 0 amide bonds. The van der Waals surface area contributed by atoms with Crippen LogP contribution in [-0.2, 0) is 12.2 Å². The van der Waals surface area contributed by atoms with Gasteiger partial charge in [0.15, 0.2) is 0 Å². The van der Waals surface area contributed by atoms with Gasteiger partial charge in [0, 0.05) is 11.8 Å². The summed E-state index contributed by atoms with van der Waals surface area (Å²) >= 11 is 5.47. The Bertz CT molecular complexity index is 294. The third kappa shape index (κ3) is 4.64. The number of aryl methyl sites for hydroxylation is 1. The zero-order chi connectivity index (χ0) is 11.3. The van der Waals surface area contributed by atoms with E-state index >= 15 is 0 Å². The van der Waals surface area contributed by atoms with Crippen molar-refractivity contribution in [1.82, 2.24) is 0 Å². The summed E-state index contributed by atoms with van der Waals surface area (Å²) in [5, 5.41) is 1.05. The van der Waals surface area contributed by atoms with Crippen LogP contribution in [0.4, 0.5) is 0 Å². The highest BCUT2D eigenvalue weighted by atomic mass is 79.9. The molecule has 1 heterocycles. The molecule has 15 heavy (non-hydrogen) atoms. The number of furan rings is 1. The third-order valence-electron chi connectivity index (χ3n) is 2.16. The van der Waals surface area contributed by atoms with Crippen molar-refractivity contribution in [2.45, 2.75) is 32.9 Å². The maximum atomic E-state index is 5.65. The number of thioether (sulfide) groups is 1. The van der Waals surface area contributed by atoms with Crippen molar-refractivity contribution in [3.8, 4) is 0 Å². The van der Waals surface area contributed by atoms with E-state index in [0.29, 0.717) is 5.41 Å². The van der Waals surface area contributed by atoms with Crippen LogP contribution < -0.4 is 0 Å². The number of halogens is 1. The minimum absolute atomic E-state index is 0.366. The Morgan fingerprint density at radius 1 is 1.33 bits per heavy atom. The average molecular weight is 291 g/mol. The van der Waals surface area contributed by atoms with Crippen LogP contribution in [0.5, 0.6) is 0 Å². The maximum Gasteiger partial charge on any atom is 0.114 e. The van der Waals surface area contributed by atoms with Crippen LogP contribution >= 0.6 is 27.7 Å².